The second-order valence-electron chi connectivity index (χ2n) is 9.51. The maximum atomic E-state index is 12.8. The van der Waals surface area contributed by atoms with Crippen LogP contribution in [0.4, 0.5) is 0 Å². The average molecular weight is 362 g/mol. The van der Waals surface area contributed by atoms with E-state index in [1.54, 1.807) is 6.92 Å². The smallest absolute Gasteiger partial charge is 0.318 e. The molecular weight excluding hydrogens is 336 g/mol. The number of ether oxygens (including phenoxy) is 2. The summed E-state index contributed by atoms with van der Waals surface area (Å²) in [5.74, 6) is -1.78. The summed E-state index contributed by atoms with van der Waals surface area (Å²) in [5, 5.41) is 20.4. The Hall–Kier alpha value is -1.24. The highest BCUT2D eigenvalue weighted by Crippen LogP contribution is 2.71. The van der Waals surface area contributed by atoms with Gasteiger partial charge in [-0.15, -0.1) is 0 Å². The predicted octanol–water partition coefficient (Wildman–Crippen LogP) is 1.34. The van der Waals surface area contributed by atoms with Gasteiger partial charge in [-0.2, -0.15) is 0 Å². The molecule has 1 spiro atoms. The topological polar surface area (TPSA) is 93.1 Å². The Morgan fingerprint density at radius 3 is 2.73 bits per heavy atom. The predicted molar refractivity (Wildman–Crippen MR) is 89.7 cm³/mol. The van der Waals surface area contributed by atoms with Crippen LogP contribution in [0.1, 0.15) is 46.0 Å². The second-order valence-corrected chi connectivity index (χ2v) is 9.51. The van der Waals surface area contributed by atoms with Crippen LogP contribution in [0.15, 0.2) is 11.6 Å². The highest BCUT2D eigenvalue weighted by Gasteiger charge is 2.78. The van der Waals surface area contributed by atoms with E-state index >= 15 is 0 Å². The maximum Gasteiger partial charge on any atom is 0.318 e. The van der Waals surface area contributed by atoms with Crippen molar-refractivity contribution in [2.24, 2.45) is 28.1 Å². The molecule has 26 heavy (non-hydrogen) atoms. The molecule has 5 fully saturated rings. The molecule has 6 rings (SSSR count). The summed E-state index contributed by atoms with van der Waals surface area (Å²) in [7, 11) is 0. The van der Waals surface area contributed by atoms with Gasteiger partial charge >= 0.3 is 5.97 Å². The number of ketones is 1. The molecule has 3 aliphatic heterocycles. The number of esters is 1. The highest BCUT2D eigenvalue weighted by molar-refractivity contribution is 5.86. The first-order valence-electron chi connectivity index (χ1n) is 9.62. The normalized spacial score (nSPS) is 54.2. The molecule has 0 radical (unpaired) electrons. The van der Waals surface area contributed by atoms with Crippen molar-refractivity contribution >= 4 is 11.8 Å². The van der Waals surface area contributed by atoms with Gasteiger partial charge in [-0.25, -0.2) is 0 Å². The van der Waals surface area contributed by atoms with Crippen LogP contribution in [0.25, 0.3) is 0 Å². The summed E-state index contributed by atoms with van der Waals surface area (Å²) < 4.78 is 11.7. The summed E-state index contributed by atoms with van der Waals surface area (Å²) in [5.41, 5.74) is -0.645. The summed E-state index contributed by atoms with van der Waals surface area (Å²) in [6, 6.07) is 0. The van der Waals surface area contributed by atoms with E-state index < -0.39 is 23.2 Å². The first-order valence-corrected chi connectivity index (χ1v) is 9.62. The molecule has 6 aliphatic rings. The van der Waals surface area contributed by atoms with Gasteiger partial charge in [-0.1, -0.05) is 12.5 Å². The number of aliphatic hydroxyl groups excluding tert-OH is 1. The molecule has 6 heteroatoms. The number of aliphatic hydroxyl groups is 2. The lowest BCUT2D eigenvalue weighted by Gasteiger charge is -2.65. The standard InChI is InChI=1S/C20H26O6/c1-17(14(22)9-21)4-3-12-11(8-17)7-13-15-18(2,16(23)26-13)20(24)6-5-19(12,15)10-25-20/h7,12-13,15,21,24H,3-6,8-10H2,1-2H3/t12-,13+,15-,17+,18-,19-,20-/m0/s1. The number of carbonyl (C=O) groups is 2. The first-order chi connectivity index (χ1) is 12.2. The van der Waals surface area contributed by atoms with Gasteiger partial charge in [0, 0.05) is 23.2 Å². The number of Topliss-reactive ketones (excluding diaryl/α,β-unsaturated/α-hetero) is 1. The number of hydrogen-bond acceptors (Lipinski definition) is 6. The summed E-state index contributed by atoms with van der Waals surface area (Å²) in [4.78, 5) is 25.1. The molecule has 0 aromatic carbocycles. The van der Waals surface area contributed by atoms with Crippen LogP contribution < -0.4 is 0 Å². The molecule has 3 saturated heterocycles. The third kappa shape index (κ3) is 1.65. The fraction of sp³-hybridized carbons (Fsp3) is 0.800. The van der Waals surface area contributed by atoms with Gasteiger partial charge < -0.3 is 19.7 Å². The molecule has 0 aromatic heterocycles. The molecule has 0 amide bonds. The molecule has 0 unspecified atom stereocenters. The Kier molecular flexibility index (Phi) is 3.10. The Morgan fingerprint density at radius 1 is 1.31 bits per heavy atom. The number of fused-ring (bicyclic) bond motifs is 3. The van der Waals surface area contributed by atoms with Crippen molar-refractivity contribution in [3.05, 3.63) is 11.6 Å². The lowest BCUT2D eigenvalue weighted by Crippen LogP contribution is -2.71. The molecule has 142 valence electrons. The Bertz CT molecular complexity index is 733. The van der Waals surface area contributed by atoms with E-state index in [1.807, 2.05) is 13.0 Å². The van der Waals surface area contributed by atoms with Crippen LogP contribution in [-0.2, 0) is 19.1 Å². The first kappa shape index (κ1) is 16.9. The molecular formula is C20H26O6. The molecule has 7 atom stereocenters. The zero-order chi connectivity index (χ0) is 18.5. The minimum Gasteiger partial charge on any atom is -0.457 e. The Labute approximate surface area is 152 Å². The molecule has 3 aliphatic carbocycles. The van der Waals surface area contributed by atoms with Gasteiger partial charge in [0.15, 0.2) is 11.6 Å². The lowest BCUT2D eigenvalue weighted by molar-refractivity contribution is -0.367. The number of rotatable bonds is 2. The monoisotopic (exact) mass is 362 g/mol. The van der Waals surface area contributed by atoms with Crippen LogP contribution in [0.3, 0.4) is 0 Å². The second kappa shape index (κ2) is 4.78. The van der Waals surface area contributed by atoms with E-state index in [2.05, 4.69) is 0 Å². The third-order valence-electron chi connectivity index (χ3n) is 8.47. The van der Waals surface area contributed by atoms with Crippen molar-refractivity contribution in [2.45, 2.75) is 57.8 Å². The summed E-state index contributed by atoms with van der Waals surface area (Å²) in [6.45, 7) is 3.72. The van der Waals surface area contributed by atoms with E-state index in [0.717, 1.165) is 24.8 Å². The molecule has 6 nitrogen and oxygen atoms in total. The van der Waals surface area contributed by atoms with Gasteiger partial charge in [0.1, 0.15) is 18.1 Å². The third-order valence-corrected chi connectivity index (χ3v) is 8.47. The Morgan fingerprint density at radius 2 is 2.08 bits per heavy atom. The zero-order valence-corrected chi connectivity index (χ0v) is 15.3. The van der Waals surface area contributed by atoms with Gasteiger partial charge in [-0.3, -0.25) is 9.59 Å². The van der Waals surface area contributed by atoms with Crippen molar-refractivity contribution in [1.82, 2.24) is 0 Å². The number of carbonyl (C=O) groups excluding carboxylic acids is 2. The number of allylic oxidation sites excluding steroid dienone is 1. The van der Waals surface area contributed by atoms with Crippen molar-refractivity contribution < 1.29 is 29.3 Å². The average Bonchev–Trinajstić information content (AvgIpc) is 2.89. The van der Waals surface area contributed by atoms with Crippen LogP contribution in [0.5, 0.6) is 0 Å². The SMILES string of the molecule is C[C@@]1(C(=O)CO)CC[C@H]2C(=C[C@H]3OC(=O)[C@]4(C)[C@H]3[C@]23CC[C@]4(O)OC3)C1. The van der Waals surface area contributed by atoms with Crippen molar-refractivity contribution in [1.29, 1.82) is 0 Å². The van der Waals surface area contributed by atoms with Crippen LogP contribution in [0.2, 0.25) is 0 Å². The van der Waals surface area contributed by atoms with E-state index in [1.165, 1.54) is 0 Å². The van der Waals surface area contributed by atoms with Crippen molar-refractivity contribution in [2.75, 3.05) is 13.2 Å². The van der Waals surface area contributed by atoms with E-state index in [9.17, 15) is 19.8 Å². The minimum atomic E-state index is -1.44. The fourth-order valence-electron chi connectivity index (χ4n) is 6.93. The zero-order valence-electron chi connectivity index (χ0n) is 15.3. The van der Waals surface area contributed by atoms with Crippen LogP contribution in [0, 0.1) is 28.1 Å². The molecule has 3 heterocycles. The van der Waals surface area contributed by atoms with E-state index in [0.29, 0.717) is 19.4 Å². The largest absolute Gasteiger partial charge is 0.457 e. The van der Waals surface area contributed by atoms with Crippen molar-refractivity contribution in [3.8, 4) is 0 Å². The van der Waals surface area contributed by atoms with Gasteiger partial charge in [0.25, 0.3) is 0 Å². The molecule has 2 saturated carbocycles. The van der Waals surface area contributed by atoms with E-state index in [-0.39, 0.29) is 35.1 Å². The van der Waals surface area contributed by atoms with Crippen LogP contribution in [-0.4, -0.2) is 47.1 Å². The molecule has 0 aromatic rings. The maximum absolute atomic E-state index is 12.8. The minimum absolute atomic E-state index is 0.0818. The van der Waals surface area contributed by atoms with Crippen molar-refractivity contribution in [3.63, 3.8) is 0 Å². The molecule has 2 N–H and O–H groups in total. The number of hydrogen-bond donors (Lipinski definition) is 2. The fourth-order valence-corrected chi connectivity index (χ4v) is 6.93. The summed E-state index contributed by atoms with van der Waals surface area (Å²) in [6.07, 6.45) is 5.09. The van der Waals surface area contributed by atoms with Gasteiger partial charge in [0.2, 0.25) is 0 Å². The lowest BCUT2D eigenvalue weighted by atomic mass is 9.42. The quantitative estimate of drug-likeness (QED) is 0.569. The Balaban J connectivity index is 1.61. The summed E-state index contributed by atoms with van der Waals surface area (Å²) >= 11 is 0. The van der Waals surface area contributed by atoms with Gasteiger partial charge in [0.05, 0.1) is 6.61 Å². The molecule has 2 bridgehead atoms. The highest BCUT2D eigenvalue weighted by atomic mass is 16.6. The van der Waals surface area contributed by atoms with Gasteiger partial charge in [-0.05, 0) is 44.6 Å². The van der Waals surface area contributed by atoms with Crippen LogP contribution >= 0.6 is 0 Å². The van der Waals surface area contributed by atoms with E-state index in [4.69, 9.17) is 9.47 Å².